The Labute approximate surface area is 117 Å². The van der Waals surface area contributed by atoms with Gasteiger partial charge in [0.2, 0.25) is 0 Å². The summed E-state index contributed by atoms with van der Waals surface area (Å²) in [6.45, 7) is 6.17. The number of hydrogen-bond donors (Lipinski definition) is 0. The first kappa shape index (κ1) is 12.9. The second-order valence-electron chi connectivity index (χ2n) is 4.92. The summed E-state index contributed by atoms with van der Waals surface area (Å²) in [5.41, 5.74) is 0. The van der Waals surface area contributed by atoms with Gasteiger partial charge in [-0.15, -0.1) is 0 Å². The lowest BCUT2D eigenvalue weighted by Crippen LogP contribution is -2.29. The van der Waals surface area contributed by atoms with Crippen LogP contribution < -0.4 is 0 Å². The summed E-state index contributed by atoms with van der Waals surface area (Å²) in [5, 5.41) is 0. The van der Waals surface area contributed by atoms with Crippen LogP contribution in [0.2, 0.25) is 0 Å². The minimum Gasteiger partial charge on any atom is -0.252 e. The van der Waals surface area contributed by atoms with E-state index in [0.717, 1.165) is 39.3 Å². The van der Waals surface area contributed by atoms with Crippen LogP contribution in [0.4, 0.5) is 4.79 Å². The topological polar surface area (TPSA) is 30.0 Å². The molecule has 0 aliphatic carbocycles. The van der Waals surface area contributed by atoms with E-state index in [1.54, 1.807) is 24.3 Å². The number of amides is 2. The van der Waals surface area contributed by atoms with E-state index in [9.17, 15) is 4.79 Å². The lowest BCUT2D eigenvalue weighted by atomic mass is 10.4. The molecule has 0 aromatic rings. The Morgan fingerprint density at radius 1 is 0.667 bits per heavy atom. The standard InChI is InChI=1S/C11H20N4OS2/c16-11-14(17-12-5-1-2-6-12)9-10-15(11)18-13-7-3-4-8-13/h1-10H2. The summed E-state index contributed by atoms with van der Waals surface area (Å²) in [6, 6.07) is 0.170. The Bertz CT molecular complexity index is 277. The Balaban J connectivity index is 1.48. The van der Waals surface area contributed by atoms with Gasteiger partial charge < -0.3 is 0 Å². The molecular weight excluding hydrogens is 268 g/mol. The van der Waals surface area contributed by atoms with Crippen LogP contribution in [-0.2, 0) is 0 Å². The largest absolute Gasteiger partial charge is 0.342 e. The maximum Gasteiger partial charge on any atom is 0.342 e. The van der Waals surface area contributed by atoms with E-state index in [0.29, 0.717) is 0 Å². The molecule has 0 atom stereocenters. The van der Waals surface area contributed by atoms with Crippen molar-refractivity contribution in [2.45, 2.75) is 25.7 Å². The molecule has 0 spiro atoms. The van der Waals surface area contributed by atoms with Crippen molar-refractivity contribution in [3.05, 3.63) is 0 Å². The summed E-state index contributed by atoms with van der Waals surface area (Å²) in [5.74, 6) is 0. The van der Waals surface area contributed by atoms with E-state index in [-0.39, 0.29) is 6.03 Å². The third-order valence-electron chi connectivity index (χ3n) is 3.49. The first-order chi connectivity index (χ1) is 8.83. The lowest BCUT2D eigenvalue weighted by molar-refractivity contribution is 0.226. The molecule has 3 rings (SSSR count). The molecule has 18 heavy (non-hydrogen) atoms. The van der Waals surface area contributed by atoms with E-state index < -0.39 is 0 Å². The minimum atomic E-state index is 0.170. The number of carbonyl (C=O) groups excluding carboxylic acids is 1. The molecule has 3 fully saturated rings. The van der Waals surface area contributed by atoms with Crippen molar-refractivity contribution in [2.75, 3.05) is 39.3 Å². The van der Waals surface area contributed by atoms with Crippen LogP contribution in [0, 0.1) is 0 Å². The fourth-order valence-electron chi connectivity index (χ4n) is 2.47. The van der Waals surface area contributed by atoms with Gasteiger partial charge in [-0.2, -0.15) is 0 Å². The highest BCUT2D eigenvalue weighted by Crippen LogP contribution is 2.31. The van der Waals surface area contributed by atoms with Crippen LogP contribution >= 0.6 is 24.3 Å². The highest BCUT2D eigenvalue weighted by atomic mass is 32.2. The summed E-state index contributed by atoms with van der Waals surface area (Å²) in [4.78, 5) is 12.2. The molecular formula is C11H20N4OS2. The summed E-state index contributed by atoms with van der Waals surface area (Å²) >= 11 is 3.26. The number of carbonyl (C=O) groups is 1. The van der Waals surface area contributed by atoms with Gasteiger partial charge in [0.25, 0.3) is 0 Å². The van der Waals surface area contributed by atoms with Crippen LogP contribution in [0.1, 0.15) is 25.7 Å². The van der Waals surface area contributed by atoms with Crippen LogP contribution in [-0.4, -0.2) is 62.5 Å². The normalized spacial score (nSPS) is 26.8. The zero-order valence-corrected chi connectivity index (χ0v) is 12.2. The molecule has 2 amide bonds. The number of urea groups is 1. The Morgan fingerprint density at radius 3 is 1.44 bits per heavy atom. The van der Waals surface area contributed by atoms with E-state index in [1.165, 1.54) is 25.7 Å². The molecule has 0 unspecified atom stereocenters. The molecule has 3 aliphatic rings. The van der Waals surface area contributed by atoms with E-state index >= 15 is 0 Å². The molecule has 0 radical (unpaired) electrons. The molecule has 5 nitrogen and oxygen atoms in total. The summed E-state index contributed by atoms with van der Waals surface area (Å²) in [6.07, 6.45) is 5.06. The fraction of sp³-hybridized carbons (Fsp3) is 0.909. The molecule has 3 heterocycles. The Morgan fingerprint density at radius 2 is 1.06 bits per heavy atom. The second kappa shape index (κ2) is 5.90. The van der Waals surface area contributed by atoms with Gasteiger partial charge >= 0.3 is 6.03 Å². The van der Waals surface area contributed by atoms with Crippen molar-refractivity contribution in [2.24, 2.45) is 0 Å². The van der Waals surface area contributed by atoms with Crippen molar-refractivity contribution in [1.29, 1.82) is 0 Å². The van der Waals surface area contributed by atoms with Gasteiger partial charge in [0.15, 0.2) is 0 Å². The second-order valence-corrected chi connectivity index (χ2v) is 7.16. The highest BCUT2D eigenvalue weighted by molar-refractivity contribution is 7.96. The minimum absolute atomic E-state index is 0.170. The summed E-state index contributed by atoms with van der Waals surface area (Å²) < 4.78 is 8.44. The van der Waals surface area contributed by atoms with Gasteiger partial charge in [-0.05, 0) is 25.7 Å². The third kappa shape index (κ3) is 2.89. The molecule has 0 N–H and O–H groups in total. The first-order valence-corrected chi connectivity index (χ1v) is 8.24. The molecule has 0 bridgehead atoms. The van der Waals surface area contributed by atoms with Gasteiger partial charge in [-0.1, -0.05) is 0 Å². The molecule has 102 valence electrons. The van der Waals surface area contributed by atoms with Crippen LogP contribution in [0.25, 0.3) is 0 Å². The highest BCUT2D eigenvalue weighted by Gasteiger charge is 2.33. The molecule has 3 saturated heterocycles. The molecule has 0 aromatic heterocycles. The van der Waals surface area contributed by atoms with Crippen molar-refractivity contribution in [3.63, 3.8) is 0 Å². The SMILES string of the molecule is O=C1N(SN2CCCC2)CCN1SN1CCCC1. The van der Waals surface area contributed by atoms with Gasteiger partial charge in [0.1, 0.15) is 0 Å². The Kier molecular flexibility index (Phi) is 4.23. The number of rotatable bonds is 4. The van der Waals surface area contributed by atoms with Crippen molar-refractivity contribution >= 4 is 30.3 Å². The monoisotopic (exact) mass is 288 g/mol. The van der Waals surface area contributed by atoms with Gasteiger partial charge in [-0.25, -0.2) is 13.4 Å². The Hall–Kier alpha value is -0.110. The lowest BCUT2D eigenvalue weighted by Gasteiger charge is -2.23. The first-order valence-electron chi connectivity index (χ1n) is 6.78. The van der Waals surface area contributed by atoms with Gasteiger partial charge in [-0.3, -0.25) is 8.61 Å². The number of nitrogens with zero attached hydrogens (tertiary/aromatic N) is 4. The van der Waals surface area contributed by atoms with Crippen molar-refractivity contribution in [1.82, 2.24) is 17.2 Å². The van der Waals surface area contributed by atoms with Crippen molar-refractivity contribution in [3.8, 4) is 0 Å². The third-order valence-corrected chi connectivity index (χ3v) is 5.75. The van der Waals surface area contributed by atoms with Gasteiger partial charge in [0, 0.05) is 50.4 Å². The molecule has 3 aliphatic heterocycles. The van der Waals surface area contributed by atoms with E-state index in [2.05, 4.69) is 8.61 Å². The maximum atomic E-state index is 12.2. The zero-order valence-electron chi connectivity index (χ0n) is 10.6. The predicted octanol–water partition coefficient (Wildman–Crippen LogP) is 2.04. The zero-order chi connectivity index (χ0) is 12.4. The molecule has 0 aromatic carbocycles. The fourth-order valence-corrected chi connectivity index (χ4v) is 4.58. The van der Waals surface area contributed by atoms with Crippen molar-refractivity contribution < 1.29 is 4.79 Å². The van der Waals surface area contributed by atoms with Crippen LogP contribution in [0.5, 0.6) is 0 Å². The summed E-state index contributed by atoms with van der Waals surface area (Å²) in [7, 11) is 0. The molecule has 0 saturated carbocycles. The van der Waals surface area contributed by atoms with E-state index in [1.807, 2.05) is 8.61 Å². The van der Waals surface area contributed by atoms with Gasteiger partial charge in [0.05, 0.1) is 13.1 Å². The van der Waals surface area contributed by atoms with Crippen LogP contribution in [0.3, 0.4) is 0 Å². The predicted molar refractivity (Wildman–Crippen MR) is 75.6 cm³/mol. The quantitative estimate of drug-likeness (QED) is 0.739. The molecule has 7 heteroatoms. The number of hydrogen-bond acceptors (Lipinski definition) is 5. The smallest absolute Gasteiger partial charge is 0.252 e. The maximum absolute atomic E-state index is 12.2. The van der Waals surface area contributed by atoms with E-state index in [4.69, 9.17) is 0 Å². The average molecular weight is 288 g/mol. The average Bonchev–Trinajstić information content (AvgIpc) is 3.08. The van der Waals surface area contributed by atoms with Crippen LogP contribution in [0.15, 0.2) is 0 Å².